The molecule has 0 spiro atoms. The molecule has 10 heavy (non-hydrogen) atoms. The lowest BCUT2D eigenvalue weighted by Crippen LogP contribution is -1.88. The summed E-state index contributed by atoms with van der Waals surface area (Å²) in [4.78, 5) is 3.21. The second-order valence-corrected chi connectivity index (χ2v) is 4.55. The Bertz CT molecular complexity index is 332. The molecule has 0 aliphatic rings. The van der Waals surface area contributed by atoms with Crippen molar-refractivity contribution in [2.24, 2.45) is 0 Å². The van der Waals surface area contributed by atoms with E-state index < -0.39 is 14.6 Å². The lowest BCUT2D eigenvalue weighted by Gasteiger charge is -1.80. The SMILES string of the molecule is O=S(=O)(F)c1ncc(Cl)s1. The van der Waals surface area contributed by atoms with Crippen LogP contribution in [0.15, 0.2) is 10.5 Å². The normalized spacial score (nSPS) is 11.8. The maximum absolute atomic E-state index is 12.0. The highest BCUT2D eigenvalue weighted by atomic mass is 35.5. The predicted molar refractivity (Wildman–Crippen MR) is 35.4 cm³/mol. The van der Waals surface area contributed by atoms with Gasteiger partial charge in [-0.1, -0.05) is 26.8 Å². The van der Waals surface area contributed by atoms with Crippen LogP contribution < -0.4 is 0 Å². The first-order valence-corrected chi connectivity index (χ1v) is 4.64. The Morgan fingerprint density at radius 1 is 1.70 bits per heavy atom. The van der Waals surface area contributed by atoms with Gasteiger partial charge in [0.05, 0.1) is 6.20 Å². The lowest BCUT2D eigenvalue weighted by molar-refractivity contribution is 0.551. The van der Waals surface area contributed by atoms with Gasteiger partial charge in [-0.2, -0.15) is 8.42 Å². The highest BCUT2D eigenvalue weighted by molar-refractivity contribution is 7.88. The van der Waals surface area contributed by atoms with E-state index in [1.807, 2.05) is 0 Å². The van der Waals surface area contributed by atoms with Gasteiger partial charge in [0.2, 0.25) is 4.34 Å². The Labute approximate surface area is 65.7 Å². The molecule has 1 heterocycles. The zero-order chi connectivity index (χ0) is 7.78. The Morgan fingerprint density at radius 2 is 2.30 bits per heavy atom. The molecule has 0 saturated carbocycles. The molecule has 56 valence electrons. The van der Waals surface area contributed by atoms with Gasteiger partial charge in [-0.25, -0.2) is 4.98 Å². The third kappa shape index (κ3) is 1.65. The highest BCUT2D eigenvalue weighted by Gasteiger charge is 2.15. The summed E-state index contributed by atoms with van der Waals surface area (Å²) < 4.78 is 31.7. The molecule has 0 aliphatic carbocycles. The highest BCUT2D eigenvalue weighted by Crippen LogP contribution is 2.23. The second-order valence-electron chi connectivity index (χ2n) is 1.37. The van der Waals surface area contributed by atoms with E-state index in [2.05, 4.69) is 4.98 Å². The van der Waals surface area contributed by atoms with E-state index >= 15 is 0 Å². The van der Waals surface area contributed by atoms with Crippen LogP contribution in [0.3, 0.4) is 0 Å². The molecule has 0 aliphatic heterocycles. The quantitative estimate of drug-likeness (QED) is 0.647. The van der Waals surface area contributed by atoms with Crippen LogP contribution >= 0.6 is 22.9 Å². The van der Waals surface area contributed by atoms with Crippen LogP contribution in [-0.2, 0) is 10.2 Å². The molecule has 3 nitrogen and oxygen atoms in total. The number of nitrogens with zero attached hydrogens (tertiary/aromatic N) is 1. The Morgan fingerprint density at radius 3 is 2.50 bits per heavy atom. The van der Waals surface area contributed by atoms with Crippen LogP contribution in [0.5, 0.6) is 0 Å². The van der Waals surface area contributed by atoms with Gasteiger partial charge >= 0.3 is 10.2 Å². The van der Waals surface area contributed by atoms with Crippen molar-refractivity contribution < 1.29 is 12.3 Å². The molecule has 0 bridgehead atoms. The maximum atomic E-state index is 12.0. The first-order chi connectivity index (χ1) is 4.50. The van der Waals surface area contributed by atoms with E-state index in [0.29, 0.717) is 11.3 Å². The van der Waals surface area contributed by atoms with E-state index in [-0.39, 0.29) is 4.34 Å². The molecule has 0 radical (unpaired) electrons. The van der Waals surface area contributed by atoms with Crippen LogP contribution in [0, 0.1) is 0 Å². The van der Waals surface area contributed by atoms with Crippen LogP contribution in [0.25, 0.3) is 0 Å². The van der Waals surface area contributed by atoms with Gasteiger partial charge < -0.3 is 0 Å². The summed E-state index contributed by atoms with van der Waals surface area (Å²) in [6.45, 7) is 0. The number of aromatic nitrogens is 1. The summed E-state index contributed by atoms with van der Waals surface area (Å²) in [5.74, 6) is 0. The summed E-state index contributed by atoms with van der Waals surface area (Å²) in [5.41, 5.74) is 0. The summed E-state index contributed by atoms with van der Waals surface area (Å²) in [6.07, 6.45) is 1.08. The fraction of sp³-hybridized carbons (Fsp3) is 0. The van der Waals surface area contributed by atoms with Crippen LogP contribution in [0.2, 0.25) is 4.34 Å². The molecular formula is C3HClFNO2S2. The molecule has 0 atom stereocenters. The van der Waals surface area contributed by atoms with Crippen molar-refractivity contribution in [2.75, 3.05) is 0 Å². The molecular weight excluding hydrogens is 201 g/mol. The van der Waals surface area contributed by atoms with Gasteiger partial charge in [-0.15, -0.1) is 0 Å². The average molecular weight is 202 g/mol. The molecule has 0 fully saturated rings. The zero-order valence-corrected chi connectivity index (χ0v) is 6.80. The van der Waals surface area contributed by atoms with Crippen LogP contribution in [-0.4, -0.2) is 13.4 Å². The van der Waals surface area contributed by atoms with Gasteiger partial charge in [0.1, 0.15) is 4.34 Å². The summed E-state index contributed by atoms with van der Waals surface area (Å²) in [7, 11) is -4.66. The molecule has 0 N–H and O–H groups in total. The van der Waals surface area contributed by atoms with Crippen molar-refractivity contribution in [3.8, 4) is 0 Å². The summed E-state index contributed by atoms with van der Waals surface area (Å²) in [6, 6.07) is 0. The first-order valence-electron chi connectivity index (χ1n) is 2.06. The minimum atomic E-state index is -4.66. The average Bonchev–Trinajstić information content (AvgIpc) is 2.11. The topological polar surface area (TPSA) is 47.0 Å². The first kappa shape index (κ1) is 7.90. The zero-order valence-electron chi connectivity index (χ0n) is 4.41. The molecule has 1 rings (SSSR count). The molecule has 1 aromatic rings. The van der Waals surface area contributed by atoms with Crippen molar-refractivity contribution in [3.05, 3.63) is 10.5 Å². The van der Waals surface area contributed by atoms with E-state index in [4.69, 9.17) is 11.6 Å². The number of rotatable bonds is 1. The molecule has 0 unspecified atom stereocenters. The Hall–Kier alpha value is -0.200. The van der Waals surface area contributed by atoms with E-state index in [1.54, 1.807) is 0 Å². The summed E-state index contributed by atoms with van der Waals surface area (Å²) >= 11 is 5.88. The van der Waals surface area contributed by atoms with E-state index in [0.717, 1.165) is 6.20 Å². The summed E-state index contributed by atoms with van der Waals surface area (Å²) in [5, 5.41) is 0. The monoisotopic (exact) mass is 201 g/mol. The minimum Gasteiger partial charge on any atom is -0.230 e. The lowest BCUT2D eigenvalue weighted by atomic mass is 11.0. The van der Waals surface area contributed by atoms with Crippen molar-refractivity contribution in [2.45, 2.75) is 4.34 Å². The predicted octanol–water partition coefficient (Wildman–Crippen LogP) is 1.45. The Kier molecular flexibility index (Phi) is 1.93. The second kappa shape index (κ2) is 2.44. The Balaban J connectivity index is 3.21. The largest absolute Gasteiger partial charge is 0.359 e. The van der Waals surface area contributed by atoms with Gasteiger partial charge in [-0.3, -0.25) is 0 Å². The van der Waals surface area contributed by atoms with E-state index in [1.165, 1.54) is 0 Å². The molecule has 7 heteroatoms. The van der Waals surface area contributed by atoms with Crippen molar-refractivity contribution in [3.63, 3.8) is 0 Å². The van der Waals surface area contributed by atoms with E-state index in [9.17, 15) is 12.3 Å². The fourth-order valence-corrected chi connectivity index (χ4v) is 1.98. The fourth-order valence-electron chi connectivity index (χ4n) is 0.352. The molecule has 1 aromatic heterocycles. The minimum absolute atomic E-state index is 0.149. The van der Waals surface area contributed by atoms with Gasteiger partial charge in [0.25, 0.3) is 0 Å². The van der Waals surface area contributed by atoms with Crippen molar-refractivity contribution in [1.82, 2.24) is 4.98 Å². The number of hydrogen-bond acceptors (Lipinski definition) is 4. The number of thiazole rings is 1. The molecule has 0 aromatic carbocycles. The third-order valence-corrected chi connectivity index (χ3v) is 2.94. The van der Waals surface area contributed by atoms with Crippen LogP contribution in [0.1, 0.15) is 0 Å². The van der Waals surface area contributed by atoms with Gasteiger partial charge in [-0.05, 0) is 0 Å². The maximum Gasteiger partial charge on any atom is 0.359 e. The standard InChI is InChI=1S/C3HClFNO2S2/c4-2-1-6-3(9-2)10(5,7)8/h1H. The van der Waals surface area contributed by atoms with Crippen LogP contribution in [0.4, 0.5) is 3.89 Å². The van der Waals surface area contributed by atoms with Gasteiger partial charge in [0, 0.05) is 0 Å². The van der Waals surface area contributed by atoms with Gasteiger partial charge in [0.15, 0.2) is 0 Å². The van der Waals surface area contributed by atoms with Crippen molar-refractivity contribution >= 4 is 33.2 Å². The number of hydrogen-bond donors (Lipinski definition) is 0. The molecule has 0 amide bonds. The third-order valence-electron chi connectivity index (χ3n) is 0.665. The molecule has 0 saturated heterocycles. The number of halogens is 2. The van der Waals surface area contributed by atoms with Crippen molar-refractivity contribution in [1.29, 1.82) is 0 Å². The smallest absolute Gasteiger partial charge is 0.230 e.